The first-order chi connectivity index (χ1) is 11.4. The maximum atomic E-state index is 12.0. The van der Waals surface area contributed by atoms with E-state index in [2.05, 4.69) is 25.3 Å². The standard InChI is InChI=1S/C16H21N5O2S/c1-24(2,23)21-14-8-4-3-7-13(14)20-16(22)19-12-11-18-15-9-5-6-10-17-15/h3-10H,11-12H2,1-2H3,(H,17,18)(H2,19,20,22). The van der Waals surface area contributed by atoms with Crippen molar-refractivity contribution in [2.24, 2.45) is 4.36 Å². The first kappa shape index (κ1) is 17.7. The van der Waals surface area contributed by atoms with Crippen molar-refractivity contribution in [2.45, 2.75) is 0 Å². The summed E-state index contributed by atoms with van der Waals surface area (Å²) in [4.78, 5) is 16.1. The van der Waals surface area contributed by atoms with Crippen molar-refractivity contribution < 1.29 is 9.00 Å². The summed E-state index contributed by atoms with van der Waals surface area (Å²) in [6, 6.07) is 12.2. The fourth-order valence-electron chi connectivity index (χ4n) is 1.90. The molecular formula is C16H21N5O2S. The van der Waals surface area contributed by atoms with E-state index in [1.54, 1.807) is 43.0 Å². The fourth-order valence-corrected chi connectivity index (χ4v) is 2.53. The van der Waals surface area contributed by atoms with E-state index >= 15 is 0 Å². The van der Waals surface area contributed by atoms with Gasteiger partial charge in [-0.05, 0) is 24.3 Å². The molecule has 8 heteroatoms. The minimum Gasteiger partial charge on any atom is -0.368 e. The Hall–Kier alpha value is -2.61. The molecule has 0 saturated carbocycles. The molecule has 7 nitrogen and oxygen atoms in total. The number of anilines is 2. The molecule has 1 heterocycles. The number of carbonyl (C=O) groups excluding carboxylic acids is 1. The highest BCUT2D eigenvalue weighted by Crippen LogP contribution is 2.25. The lowest BCUT2D eigenvalue weighted by Crippen LogP contribution is -2.32. The Kier molecular flexibility index (Phi) is 6.14. The minimum atomic E-state index is -2.30. The zero-order valence-electron chi connectivity index (χ0n) is 13.7. The van der Waals surface area contributed by atoms with E-state index in [4.69, 9.17) is 0 Å². The first-order valence-corrected chi connectivity index (χ1v) is 9.73. The van der Waals surface area contributed by atoms with Crippen LogP contribution in [0, 0.1) is 0 Å². The largest absolute Gasteiger partial charge is 0.368 e. The molecule has 2 aromatic rings. The van der Waals surface area contributed by atoms with Gasteiger partial charge in [-0.15, -0.1) is 0 Å². The van der Waals surface area contributed by atoms with E-state index in [9.17, 15) is 9.00 Å². The number of nitrogens with one attached hydrogen (secondary N) is 3. The van der Waals surface area contributed by atoms with E-state index in [-0.39, 0.29) is 6.03 Å². The third kappa shape index (κ3) is 6.25. The first-order valence-electron chi connectivity index (χ1n) is 7.40. The quantitative estimate of drug-likeness (QED) is 0.700. The van der Waals surface area contributed by atoms with Crippen LogP contribution < -0.4 is 16.0 Å². The Balaban J connectivity index is 1.86. The van der Waals surface area contributed by atoms with Gasteiger partial charge in [-0.3, -0.25) is 0 Å². The lowest BCUT2D eigenvalue weighted by molar-refractivity contribution is 0.252. The van der Waals surface area contributed by atoms with E-state index < -0.39 is 9.73 Å². The number of hydrogen-bond donors (Lipinski definition) is 3. The molecule has 0 atom stereocenters. The molecule has 3 N–H and O–H groups in total. The smallest absolute Gasteiger partial charge is 0.319 e. The molecule has 0 aliphatic carbocycles. The molecule has 0 unspecified atom stereocenters. The lowest BCUT2D eigenvalue weighted by Gasteiger charge is -2.10. The lowest BCUT2D eigenvalue weighted by atomic mass is 10.3. The Morgan fingerprint density at radius 3 is 2.58 bits per heavy atom. The molecule has 0 aliphatic rings. The summed E-state index contributed by atoms with van der Waals surface area (Å²) >= 11 is 0. The van der Waals surface area contributed by atoms with Crippen molar-refractivity contribution in [1.82, 2.24) is 10.3 Å². The van der Waals surface area contributed by atoms with Gasteiger partial charge in [0.15, 0.2) is 0 Å². The maximum absolute atomic E-state index is 12.0. The van der Waals surface area contributed by atoms with Crippen molar-refractivity contribution in [3.63, 3.8) is 0 Å². The molecule has 0 spiro atoms. The maximum Gasteiger partial charge on any atom is 0.319 e. The minimum absolute atomic E-state index is 0.348. The Labute approximate surface area is 142 Å². The second-order valence-corrected chi connectivity index (χ2v) is 7.86. The number of urea groups is 1. The predicted octanol–water partition coefficient (Wildman–Crippen LogP) is 2.67. The zero-order valence-corrected chi connectivity index (χ0v) is 14.5. The molecule has 1 aromatic carbocycles. The summed E-state index contributed by atoms with van der Waals surface area (Å²) in [5.74, 6) is 0.754. The van der Waals surface area contributed by atoms with Gasteiger partial charge in [-0.2, -0.15) is 4.36 Å². The number of para-hydroxylation sites is 1. The third-order valence-corrected chi connectivity index (χ3v) is 3.49. The molecule has 2 amide bonds. The van der Waals surface area contributed by atoms with Gasteiger partial charge in [0, 0.05) is 41.5 Å². The van der Waals surface area contributed by atoms with Crippen molar-refractivity contribution in [3.8, 4) is 0 Å². The van der Waals surface area contributed by atoms with Crippen LogP contribution >= 0.6 is 0 Å². The van der Waals surface area contributed by atoms with Crippen LogP contribution in [0.15, 0.2) is 53.0 Å². The topological polar surface area (TPSA) is 95.5 Å². The Morgan fingerprint density at radius 1 is 1.12 bits per heavy atom. The molecule has 0 saturated heterocycles. The summed E-state index contributed by atoms with van der Waals surface area (Å²) in [5.41, 5.74) is 1.01. The van der Waals surface area contributed by atoms with Crippen LogP contribution in [0.1, 0.15) is 0 Å². The van der Waals surface area contributed by atoms with Gasteiger partial charge in [0.05, 0.1) is 11.4 Å². The average molecular weight is 347 g/mol. The van der Waals surface area contributed by atoms with Crippen LogP contribution in [0.2, 0.25) is 0 Å². The van der Waals surface area contributed by atoms with Gasteiger partial charge in [-0.25, -0.2) is 14.0 Å². The van der Waals surface area contributed by atoms with Gasteiger partial charge >= 0.3 is 6.03 Å². The van der Waals surface area contributed by atoms with Gasteiger partial charge in [0.2, 0.25) is 0 Å². The van der Waals surface area contributed by atoms with Gasteiger partial charge in [0.1, 0.15) is 5.82 Å². The molecule has 0 bridgehead atoms. The number of amides is 2. The Bertz CT molecular complexity index is 793. The van der Waals surface area contributed by atoms with Crippen LogP contribution in [-0.4, -0.2) is 40.8 Å². The normalized spacial score (nSPS) is 10.8. The molecule has 128 valence electrons. The van der Waals surface area contributed by atoms with Gasteiger partial charge in [-0.1, -0.05) is 18.2 Å². The number of aromatic nitrogens is 1. The van der Waals surface area contributed by atoms with E-state index in [1.807, 2.05) is 18.2 Å². The molecule has 0 fully saturated rings. The molecule has 24 heavy (non-hydrogen) atoms. The summed E-state index contributed by atoms with van der Waals surface area (Å²) in [6.07, 6.45) is 4.79. The average Bonchev–Trinajstić information content (AvgIpc) is 2.53. The summed E-state index contributed by atoms with van der Waals surface area (Å²) in [6.45, 7) is 0.980. The second kappa shape index (κ2) is 8.30. The van der Waals surface area contributed by atoms with E-state index in [0.29, 0.717) is 24.5 Å². The van der Waals surface area contributed by atoms with Gasteiger partial charge < -0.3 is 16.0 Å². The van der Waals surface area contributed by atoms with Crippen molar-refractivity contribution in [2.75, 3.05) is 36.2 Å². The number of carbonyl (C=O) groups is 1. The van der Waals surface area contributed by atoms with Crippen LogP contribution in [0.4, 0.5) is 22.0 Å². The summed E-state index contributed by atoms with van der Waals surface area (Å²) < 4.78 is 16.0. The Morgan fingerprint density at radius 2 is 1.88 bits per heavy atom. The van der Waals surface area contributed by atoms with Crippen molar-refractivity contribution in [1.29, 1.82) is 0 Å². The molecule has 1 aromatic heterocycles. The monoisotopic (exact) mass is 347 g/mol. The van der Waals surface area contributed by atoms with Crippen molar-refractivity contribution >= 4 is 33.0 Å². The van der Waals surface area contributed by atoms with Crippen LogP contribution in [0.3, 0.4) is 0 Å². The highest BCUT2D eigenvalue weighted by molar-refractivity contribution is 7.92. The predicted molar refractivity (Wildman–Crippen MR) is 98.3 cm³/mol. The van der Waals surface area contributed by atoms with Crippen LogP contribution in [-0.2, 0) is 9.73 Å². The number of pyridine rings is 1. The number of benzene rings is 1. The molecule has 0 aliphatic heterocycles. The third-order valence-electron chi connectivity index (χ3n) is 2.85. The number of nitrogens with zero attached hydrogens (tertiary/aromatic N) is 2. The molecule has 0 radical (unpaired) electrons. The van der Waals surface area contributed by atoms with E-state index in [1.165, 1.54) is 0 Å². The summed E-state index contributed by atoms with van der Waals surface area (Å²) in [7, 11) is -2.30. The zero-order chi connectivity index (χ0) is 17.4. The molecular weight excluding hydrogens is 326 g/mol. The van der Waals surface area contributed by atoms with Crippen molar-refractivity contribution in [3.05, 3.63) is 48.7 Å². The number of rotatable bonds is 6. The molecule has 2 rings (SSSR count). The van der Waals surface area contributed by atoms with Crippen LogP contribution in [0.5, 0.6) is 0 Å². The highest BCUT2D eigenvalue weighted by Gasteiger charge is 2.06. The summed E-state index contributed by atoms with van der Waals surface area (Å²) in [5, 5.41) is 8.55. The highest BCUT2D eigenvalue weighted by atomic mass is 32.2. The second-order valence-electron chi connectivity index (χ2n) is 5.31. The van der Waals surface area contributed by atoms with E-state index in [0.717, 1.165) is 5.82 Å². The van der Waals surface area contributed by atoms with Crippen LogP contribution in [0.25, 0.3) is 0 Å². The van der Waals surface area contributed by atoms with Gasteiger partial charge in [0.25, 0.3) is 0 Å². The fraction of sp³-hybridized carbons (Fsp3) is 0.250. The number of hydrogen-bond acceptors (Lipinski definition) is 5. The SMILES string of the molecule is CS(C)(=O)=Nc1ccccc1NC(=O)NCCNc1ccccn1.